The van der Waals surface area contributed by atoms with Crippen molar-refractivity contribution in [3.63, 3.8) is 0 Å². The minimum atomic E-state index is 0.00712. The van der Waals surface area contributed by atoms with Gasteiger partial charge < -0.3 is 14.5 Å². The number of ether oxygens (including phenoxy) is 1. The molecule has 0 aromatic heterocycles. The molecule has 3 aliphatic rings. The summed E-state index contributed by atoms with van der Waals surface area (Å²) in [4.78, 5) is 17.7. The predicted molar refractivity (Wildman–Crippen MR) is 115 cm³/mol. The molecule has 1 aliphatic carbocycles. The molecule has 3 rings (SSSR count). The topological polar surface area (TPSA) is 32.8 Å². The van der Waals surface area contributed by atoms with Crippen molar-refractivity contribution in [2.24, 2.45) is 17.3 Å². The van der Waals surface area contributed by atoms with Crippen LogP contribution >= 0.6 is 0 Å². The Kier molecular flexibility index (Phi) is 8.16. The number of nitrogens with zero attached hydrogens (tertiary/aromatic N) is 2. The number of hydrogen-bond acceptors (Lipinski definition) is 4. The largest absolute Gasteiger partial charge is 0.469 e. The van der Waals surface area contributed by atoms with Gasteiger partial charge in [0.15, 0.2) is 0 Å². The van der Waals surface area contributed by atoms with E-state index >= 15 is 0 Å². The third-order valence-corrected chi connectivity index (χ3v) is 7.35. The second kappa shape index (κ2) is 10.6. The van der Waals surface area contributed by atoms with Crippen LogP contribution in [0.5, 0.6) is 0 Å². The molecule has 4 heteroatoms. The van der Waals surface area contributed by atoms with E-state index in [-0.39, 0.29) is 17.3 Å². The van der Waals surface area contributed by atoms with Crippen molar-refractivity contribution in [1.82, 2.24) is 9.80 Å². The number of carbonyl (C=O) groups excluding carboxylic acids is 1. The molecule has 4 nitrogen and oxygen atoms in total. The number of allylic oxidation sites excluding steroid dienone is 3. The lowest BCUT2D eigenvalue weighted by atomic mass is 9.70. The Morgan fingerprint density at radius 1 is 1.11 bits per heavy atom. The number of hydrogen-bond donors (Lipinski definition) is 0. The van der Waals surface area contributed by atoms with E-state index in [0.29, 0.717) is 0 Å². The van der Waals surface area contributed by atoms with Crippen LogP contribution in [0.1, 0.15) is 58.3 Å². The number of rotatable bonds is 7. The molecular formula is C24H40N2O2. The van der Waals surface area contributed by atoms with Crippen molar-refractivity contribution in [1.29, 1.82) is 0 Å². The maximum absolute atomic E-state index is 12.6. The van der Waals surface area contributed by atoms with Gasteiger partial charge in [0.2, 0.25) is 0 Å². The van der Waals surface area contributed by atoms with Gasteiger partial charge in [0.05, 0.1) is 13.0 Å². The maximum Gasteiger partial charge on any atom is 0.310 e. The summed E-state index contributed by atoms with van der Waals surface area (Å²) in [7, 11) is 1.55. The highest BCUT2D eigenvalue weighted by molar-refractivity contribution is 5.74. The lowest BCUT2D eigenvalue weighted by molar-refractivity contribution is -0.149. The molecular weight excluding hydrogens is 348 g/mol. The Hall–Kier alpha value is -1.13. The summed E-state index contributed by atoms with van der Waals surface area (Å²) in [6, 6.07) is 0. The van der Waals surface area contributed by atoms with E-state index in [1.807, 2.05) is 6.92 Å². The molecule has 1 unspecified atom stereocenters. The Bertz CT molecular complexity index is 543. The summed E-state index contributed by atoms with van der Waals surface area (Å²) in [5, 5.41) is 0. The summed E-state index contributed by atoms with van der Waals surface area (Å²) in [6.07, 6.45) is 18.9. The first-order valence-electron chi connectivity index (χ1n) is 11.5. The van der Waals surface area contributed by atoms with E-state index < -0.39 is 0 Å². The van der Waals surface area contributed by atoms with Gasteiger partial charge in [-0.25, -0.2) is 0 Å². The van der Waals surface area contributed by atoms with Crippen molar-refractivity contribution in [2.75, 3.05) is 46.4 Å². The van der Waals surface area contributed by atoms with Crippen LogP contribution in [0.2, 0.25) is 0 Å². The third-order valence-electron chi connectivity index (χ3n) is 7.35. The van der Waals surface area contributed by atoms with Gasteiger partial charge in [-0.2, -0.15) is 0 Å². The van der Waals surface area contributed by atoms with Crippen LogP contribution in [0.4, 0.5) is 0 Å². The van der Waals surface area contributed by atoms with Crippen LogP contribution in [0.15, 0.2) is 24.3 Å². The fourth-order valence-electron chi connectivity index (χ4n) is 5.67. The van der Waals surface area contributed by atoms with Crippen LogP contribution in [0.25, 0.3) is 0 Å². The molecule has 2 aliphatic heterocycles. The Labute approximate surface area is 172 Å². The Morgan fingerprint density at radius 2 is 1.86 bits per heavy atom. The first kappa shape index (κ1) is 21.6. The molecule has 28 heavy (non-hydrogen) atoms. The maximum atomic E-state index is 12.6. The van der Waals surface area contributed by atoms with Crippen molar-refractivity contribution in [3.05, 3.63) is 24.3 Å². The average Bonchev–Trinajstić information content (AvgIpc) is 3.08. The molecule has 2 saturated heterocycles. The summed E-state index contributed by atoms with van der Waals surface area (Å²) in [5.41, 5.74) is 0.128. The van der Waals surface area contributed by atoms with Gasteiger partial charge in [-0.05, 0) is 58.0 Å². The third kappa shape index (κ3) is 5.48. The van der Waals surface area contributed by atoms with E-state index in [4.69, 9.17) is 4.74 Å². The highest BCUT2D eigenvalue weighted by Gasteiger charge is 2.51. The molecule has 0 amide bonds. The van der Waals surface area contributed by atoms with Crippen molar-refractivity contribution >= 4 is 5.97 Å². The van der Waals surface area contributed by atoms with Crippen LogP contribution in [-0.4, -0.2) is 62.1 Å². The zero-order chi connectivity index (χ0) is 19.8. The zero-order valence-corrected chi connectivity index (χ0v) is 18.1. The van der Waals surface area contributed by atoms with Crippen LogP contribution in [0.3, 0.4) is 0 Å². The molecule has 0 bridgehead atoms. The molecule has 158 valence electrons. The van der Waals surface area contributed by atoms with Crippen LogP contribution < -0.4 is 0 Å². The standard InChI is InChI=1S/C24H40N2O2/c1-3-4-5-6-10-15-26-19-22(23(27)28-2)24(20-26)13-16-25(17-14-24)18-21-11-8-7-9-12-21/h3-6,21-22H,7-20H2,1-2H3/b4-3-,6-5-. The first-order valence-corrected chi connectivity index (χ1v) is 11.5. The van der Waals surface area contributed by atoms with Crippen molar-refractivity contribution < 1.29 is 9.53 Å². The lowest BCUT2D eigenvalue weighted by Gasteiger charge is -2.43. The van der Waals surface area contributed by atoms with E-state index in [1.54, 1.807) is 7.11 Å². The van der Waals surface area contributed by atoms with Gasteiger partial charge in [-0.15, -0.1) is 0 Å². The van der Waals surface area contributed by atoms with Gasteiger partial charge in [0, 0.05) is 31.6 Å². The van der Waals surface area contributed by atoms with E-state index in [2.05, 4.69) is 34.1 Å². The Morgan fingerprint density at radius 3 is 2.54 bits per heavy atom. The van der Waals surface area contributed by atoms with Crippen LogP contribution in [-0.2, 0) is 9.53 Å². The zero-order valence-electron chi connectivity index (χ0n) is 18.1. The minimum absolute atomic E-state index is 0.00712. The molecule has 1 saturated carbocycles. The predicted octanol–water partition coefficient (Wildman–Crippen LogP) is 4.28. The van der Waals surface area contributed by atoms with Gasteiger partial charge in [-0.3, -0.25) is 4.79 Å². The average molecular weight is 389 g/mol. The number of piperidine rings is 1. The number of likely N-dealkylation sites (tertiary alicyclic amines) is 2. The highest BCUT2D eigenvalue weighted by Crippen LogP contribution is 2.45. The molecule has 2 heterocycles. The monoisotopic (exact) mass is 388 g/mol. The summed E-state index contributed by atoms with van der Waals surface area (Å²) < 4.78 is 5.21. The quantitative estimate of drug-likeness (QED) is 0.481. The molecule has 0 radical (unpaired) electrons. The molecule has 0 aromatic rings. The lowest BCUT2D eigenvalue weighted by Crippen LogP contribution is -2.47. The Balaban J connectivity index is 1.54. The number of methoxy groups -OCH3 is 1. The van der Waals surface area contributed by atoms with Gasteiger partial charge >= 0.3 is 5.97 Å². The number of carbonyl (C=O) groups is 1. The summed E-state index contributed by atoms with van der Waals surface area (Å²) >= 11 is 0. The highest BCUT2D eigenvalue weighted by atomic mass is 16.5. The van der Waals surface area contributed by atoms with E-state index in [0.717, 1.165) is 57.9 Å². The molecule has 0 aromatic carbocycles. The second-order valence-electron chi connectivity index (χ2n) is 9.22. The minimum Gasteiger partial charge on any atom is -0.469 e. The SMILES string of the molecule is C/C=C\C=C/CCN1CC(C(=O)OC)C2(CCN(CC3CCCCC3)CC2)C1. The number of esters is 1. The molecule has 0 N–H and O–H groups in total. The summed E-state index contributed by atoms with van der Waals surface area (Å²) in [6.45, 7) is 8.58. The van der Waals surface area contributed by atoms with Crippen LogP contribution in [0, 0.1) is 17.3 Å². The molecule has 1 atom stereocenters. The van der Waals surface area contributed by atoms with Crippen molar-refractivity contribution in [3.8, 4) is 0 Å². The van der Waals surface area contributed by atoms with E-state index in [1.165, 1.54) is 38.6 Å². The second-order valence-corrected chi connectivity index (χ2v) is 9.22. The smallest absolute Gasteiger partial charge is 0.310 e. The fourth-order valence-corrected chi connectivity index (χ4v) is 5.67. The van der Waals surface area contributed by atoms with Gasteiger partial charge in [-0.1, -0.05) is 43.6 Å². The normalized spacial score (nSPS) is 27.3. The fraction of sp³-hybridized carbons (Fsp3) is 0.792. The first-order chi connectivity index (χ1) is 13.7. The van der Waals surface area contributed by atoms with Crippen molar-refractivity contribution in [2.45, 2.75) is 58.3 Å². The van der Waals surface area contributed by atoms with Gasteiger partial charge in [0.25, 0.3) is 0 Å². The van der Waals surface area contributed by atoms with E-state index in [9.17, 15) is 4.79 Å². The summed E-state index contributed by atoms with van der Waals surface area (Å²) in [5.74, 6) is 0.963. The molecule has 3 fully saturated rings. The molecule has 1 spiro atoms. The van der Waals surface area contributed by atoms with Gasteiger partial charge in [0.1, 0.15) is 0 Å².